The van der Waals surface area contributed by atoms with Gasteiger partial charge in [0.25, 0.3) is 0 Å². The zero-order valence-corrected chi connectivity index (χ0v) is 13.9. The highest BCUT2D eigenvalue weighted by atomic mass is 16.5. The molecule has 1 N–H and O–H groups in total. The third-order valence-corrected chi connectivity index (χ3v) is 6.11. The predicted molar refractivity (Wildman–Crippen MR) is 87.6 cm³/mol. The largest absolute Gasteiger partial charge is 0.465 e. The Morgan fingerprint density at radius 3 is 2.59 bits per heavy atom. The summed E-state index contributed by atoms with van der Waals surface area (Å²) in [4.78, 5) is 11.4. The Morgan fingerprint density at radius 1 is 1.27 bits per heavy atom. The highest BCUT2D eigenvalue weighted by Gasteiger charge is 2.53. The number of carbonyl (C=O) groups excluding carboxylic acids is 1. The molecule has 3 nitrogen and oxygen atoms in total. The Kier molecular flexibility index (Phi) is 4.26. The maximum Gasteiger partial charge on any atom is 0.337 e. The normalized spacial score (nSPS) is 28.8. The maximum atomic E-state index is 11.4. The van der Waals surface area contributed by atoms with Crippen LogP contribution in [0.2, 0.25) is 0 Å². The standard InChI is InChI=1S/C19H27NO2/c1-19(2)16-9-8-15(17(19)10-16)12-20-11-13-4-6-14(7-5-13)18(21)22-3/h4-7,15-17,20H,8-12H2,1-3H3/t15-,16?,17?/m1/s1. The van der Waals surface area contributed by atoms with Crippen molar-refractivity contribution in [3.8, 4) is 0 Å². The lowest BCUT2D eigenvalue weighted by molar-refractivity contribution is -0.103. The van der Waals surface area contributed by atoms with Gasteiger partial charge in [-0.3, -0.25) is 0 Å². The minimum Gasteiger partial charge on any atom is -0.465 e. The molecule has 1 aromatic rings. The van der Waals surface area contributed by atoms with Crippen LogP contribution in [0.1, 0.15) is 49.0 Å². The second-order valence-corrected chi connectivity index (χ2v) is 7.52. The maximum absolute atomic E-state index is 11.4. The van der Waals surface area contributed by atoms with Crippen LogP contribution in [0.4, 0.5) is 0 Å². The van der Waals surface area contributed by atoms with E-state index in [-0.39, 0.29) is 5.97 Å². The van der Waals surface area contributed by atoms with Crippen LogP contribution in [0.3, 0.4) is 0 Å². The van der Waals surface area contributed by atoms with E-state index in [0.717, 1.165) is 30.8 Å². The number of hydrogen-bond acceptors (Lipinski definition) is 3. The van der Waals surface area contributed by atoms with Crippen molar-refractivity contribution in [2.24, 2.45) is 23.2 Å². The van der Waals surface area contributed by atoms with Gasteiger partial charge in [0, 0.05) is 6.54 Å². The molecule has 3 aliphatic carbocycles. The molecule has 3 fully saturated rings. The molecule has 0 aromatic heterocycles. The van der Waals surface area contributed by atoms with Crippen LogP contribution >= 0.6 is 0 Å². The van der Waals surface area contributed by atoms with Crippen molar-refractivity contribution in [3.05, 3.63) is 35.4 Å². The molecule has 2 unspecified atom stereocenters. The van der Waals surface area contributed by atoms with Gasteiger partial charge >= 0.3 is 5.97 Å². The minimum atomic E-state index is -0.275. The van der Waals surface area contributed by atoms with Crippen LogP contribution in [0, 0.1) is 23.2 Å². The molecule has 3 saturated carbocycles. The topological polar surface area (TPSA) is 38.3 Å². The van der Waals surface area contributed by atoms with E-state index in [1.165, 1.54) is 31.9 Å². The number of ether oxygens (including phenoxy) is 1. The molecule has 22 heavy (non-hydrogen) atoms. The van der Waals surface area contributed by atoms with Crippen LogP contribution in [-0.4, -0.2) is 19.6 Å². The van der Waals surface area contributed by atoms with E-state index < -0.39 is 0 Å². The molecule has 0 heterocycles. The fourth-order valence-electron chi connectivity index (χ4n) is 4.49. The van der Waals surface area contributed by atoms with Crippen molar-refractivity contribution < 1.29 is 9.53 Å². The van der Waals surface area contributed by atoms with E-state index in [1.54, 1.807) is 0 Å². The second-order valence-electron chi connectivity index (χ2n) is 7.52. The summed E-state index contributed by atoms with van der Waals surface area (Å²) in [6, 6.07) is 7.68. The van der Waals surface area contributed by atoms with Gasteiger partial charge in [0.1, 0.15) is 0 Å². The molecule has 3 aliphatic rings. The Morgan fingerprint density at radius 2 is 2.00 bits per heavy atom. The van der Waals surface area contributed by atoms with Crippen molar-refractivity contribution in [1.82, 2.24) is 5.32 Å². The van der Waals surface area contributed by atoms with E-state index in [2.05, 4.69) is 19.2 Å². The van der Waals surface area contributed by atoms with E-state index in [9.17, 15) is 4.79 Å². The summed E-state index contributed by atoms with van der Waals surface area (Å²) in [6.45, 7) is 6.88. The second kappa shape index (κ2) is 6.04. The number of nitrogens with one attached hydrogen (secondary N) is 1. The van der Waals surface area contributed by atoms with Gasteiger partial charge in [-0.2, -0.15) is 0 Å². The molecular formula is C19H27NO2. The summed E-state index contributed by atoms with van der Waals surface area (Å²) in [7, 11) is 1.41. The van der Waals surface area contributed by atoms with Gasteiger partial charge in [0.15, 0.2) is 0 Å². The molecule has 1 aromatic carbocycles. The third-order valence-electron chi connectivity index (χ3n) is 6.11. The molecule has 3 atom stereocenters. The molecule has 0 spiro atoms. The average Bonchev–Trinajstić information content (AvgIpc) is 2.54. The number of esters is 1. The van der Waals surface area contributed by atoms with Gasteiger partial charge in [-0.25, -0.2) is 4.79 Å². The van der Waals surface area contributed by atoms with Gasteiger partial charge in [-0.05, 0) is 66.7 Å². The van der Waals surface area contributed by atoms with Crippen molar-refractivity contribution in [1.29, 1.82) is 0 Å². The average molecular weight is 301 g/mol. The first kappa shape index (κ1) is 15.5. The van der Waals surface area contributed by atoms with Crippen molar-refractivity contribution in [2.45, 2.75) is 39.7 Å². The quantitative estimate of drug-likeness (QED) is 0.844. The highest BCUT2D eigenvalue weighted by Crippen LogP contribution is 2.61. The van der Waals surface area contributed by atoms with Crippen LogP contribution in [0.5, 0.6) is 0 Å². The summed E-state index contributed by atoms with van der Waals surface area (Å²) in [6.07, 6.45) is 4.23. The van der Waals surface area contributed by atoms with Gasteiger partial charge in [-0.15, -0.1) is 0 Å². The molecule has 4 rings (SSSR count). The number of benzene rings is 1. The zero-order valence-electron chi connectivity index (χ0n) is 13.9. The number of hydrogen-bond donors (Lipinski definition) is 1. The van der Waals surface area contributed by atoms with E-state index in [1.807, 2.05) is 24.3 Å². The van der Waals surface area contributed by atoms with E-state index in [0.29, 0.717) is 11.0 Å². The summed E-state index contributed by atoms with van der Waals surface area (Å²) in [5.41, 5.74) is 2.39. The summed E-state index contributed by atoms with van der Waals surface area (Å²) in [5.74, 6) is 2.43. The zero-order chi connectivity index (χ0) is 15.7. The van der Waals surface area contributed by atoms with E-state index >= 15 is 0 Å². The Bertz CT molecular complexity index is 533. The SMILES string of the molecule is COC(=O)c1ccc(CNC[C@H]2CCC3CC2C3(C)C)cc1. The van der Waals surface area contributed by atoms with Crippen LogP contribution in [0.15, 0.2) is 24.3 Å². The molecule has 0 radical (unpaired) electrons. The van der Waals surface area contributed by atoms with Gasteiger partial charge in [-0.1, -0.05) is 26.0 Å². The molecule has 2 bridgehead atoms. The van der Waals surface area contributed by atoms with Crippen LogP contribution < -0.4 is 5.32 Å². The Balaban J connectivity index is 1.48. The fourth-order valence-corrected chi connectivity index (χ4v) is 4.49. The molecule has 0 amide bonds. The van der Waals surface area contributed by atoms with Gasteiger partial charge < -0.3 is 10.1 Å². The van der Waals surface area contributed by atoms with Crippen molar-refractivity contribution in [2.75, 3.05) is 13.7 Å². The number of methoxy groups -OCH3 is 1. The highest BCUT2D eigenvalue weighted by molar-refractivity contribution is 5.89. The lowest BCUT2D eigenvalue weighted by atomic mass is 9.45. The number of rotatable bonds is 5. The first-order chi connectivity index (χ1) is 10.5. The molecule has 120 valence electrons. The van der Waals surface area contributed by atoms with Gasteiger partial charge in [0.2, 0.25) is 0 Å². The summed E-state index contributed by atoms with van der Waals surface area (Å²) >= 11 is 0. The van der Waals surface area contributed by atoms with E-state index in [4.69, 9.17) is 4.74 Å². The number of carbonyl (C=O) groups is 1. The molecule has 3 heteroatoms. The molecular weight excluding hydrogens is 274 g/mol. The fraction of sp³-hybridized carbons (Fsp3) is 0.632. The van der Waals surface area contributed by atoms with Crippen molar-refractivity contribution >= 4 is 5.97 Å². The lowest BCUT2D eigenvalue weighted by Gasteiger charge is -2.60. The molecule has 0 aliphatic heterocycles. The van der Waals surface area contributed by atoms with Crippen molar-refractivity contribution in [3.63, 3.8) is 0 Å². The van der Waals surface area contributed by atoms with Crippen LogP contribution in [0.25, 0.3) is 0 Å². The third kappa shape index (κ3) is 2.79. The summed E-state index contributed by atoms with van der Waals surface area (Å²) in [5, 5.41) is 3.61. The minimum absolute atomic E-state index is 0.275. The number of fused-ring (bicyclic) bond motifs is 2. The smallest absolute Gasteiger partial charge is 0.337 e. The Hall–Kier alpha value is -1.35. The monoisotopic (exact) mass is 301 g/mol. The lowest BCUT2D eigenvalue weighted by Crippen LogP contribution is -2.54. The first-order valence-corrected chi connectivity index (χ1v) is 8.40. The molecule has 0 saturated heterocycles. The predicted octanol–water partition coefficient (Wildman–Crippen LogP) is 3.64. The Labute approximate surface area is 133 Å². The summed E-state index contributed by atoms with van der Waals surface area (Å²) < 4.78 is 4.72. The van der Waals surface area contributed by atoms with Gasteiger partial charge in [0.05, 0.1) is 12.7 Å². The van der Waals surface area contributed by atoms with Crippen LogP contribution in [-0.2, 0) is 11.3 Å². The first-order valence-electron chi connectivity index (χ1n) is 8.40.